The van der Waals surface area contributed by atoms with E-state index in [4.69, 9.17) is 0 Å². The summed E-state index contributed by atoms with van der Waals surface area (Å²) in [6.45, 7) is 3.54. The van der Waals surface area contributed by atoms with Crippen LogP contribution in [0.15, 0.2) is 0 Å². The molecule has 2 aliphatic rings. The molecule has 0 spiro atoms. The molecule has 1 saturated heterocycles. The van der Waals surface area contributed by atoms with Crippen LogP contribution >= 0.6 is 0 Å². The fraction of sp³-hybridized carbons (Fsp3) is 0.857. The van der Waals surface area contributed by atoms with E-state index in [0.717, 1.165) is 38.9 Å². The minimum atomic E-state index is -0.0437. The van der Waals surface area contributed by atoms with Gasteiger partial charge in [-0.25, -0.2) is 0 Å². The van der Waals surface area contributed by atoms with Crippen LogP contribution in [-0.4, -0.2) is 74.5 Å². The Labute approximate surface area is 120 Å². The van der Waals surface area contributed by atoms with Crippen LogP contribution in [0.1, 0.15) is 19.3 Å². The maximum Gasteiger partial charge on any atom is 0.239 e. The molecule has 0 radical (unpaired) electrons. The first-order chi connectivity index (χ1) is 9.58. The summed E-state index contributed by atoms with van der Waals surface area (Å²) >= 11 is 0. The summed E-state index contributed by atoms with van der Waals surface area (Å²) in [4.78, 5) is 27.5. The third-order valence-electron chi connectivity index (χ3n) is 3.97. The molecular weight excluding hydrogens is 256 g/mol. The largest absolute Gasteiger partial charge is 0.352 e. The Morgan fingerprint density at radius 1 is 1.30 bits per heavy atom. The average Bonchev–Trinajstić information content (AvgIpc) is 3.09. The lowest BCUT2D eigenvalue weighted by molar-refractivity contribution is -0.135. The number of likely N-dealkylation sites (tertiary alicyclic amines) is 1. The zero-order valence-corrected chi connectivity index (χ0v) is 12.5. The van der Waals surface area contributed by atoms with Gasteiger partial charge in [0.25, 0.3) is 0 Å². The van der Waals surface area contributed by atoms with Gasteiger partial charge in [0.05, 0.1) is 13.1 Å². The van der Waals surface area contributed by atoms with Gasteiger partial charge in [0.2, 0.25) is 11.8 Å². The molecule has 0 aromatic carbocycles. The zero-order valence-electron chi connectivity index (χ0n) is 12.5. The molecule has 1 unspecified atom stereocenters. The standard InChI is InChI=1S/C14H26N4O2/c1-15-7-11-5-6-18(8-11)10-14(20)17(2)9-13(19)16-12-3-4-12/h11-12,15H,3-10H2,1-2H3,(H,16,19). The second-order valence-corrected chi connectivity index (χ2v) is 6.04. The summed E-state index contributed by atoms with van der Waals surface area (Å²) in [5.41, 5.74) is 0. The summed E-state index contributed by atoms with van der Waals surface area (Å²) < 4.78 is 0. The van der Waals surface area contributed by atoms with Crippen molar-refractivity contribution in [1.82, 2.24) is 20.4 Å². The van der Waals surface area contributed by atoms with Gasteiger partial charge in [-0.15, -0.1) is 0 Å². The number of rotatable bonds is 7. The first-order valence-corrected chi connectivity index (χ1v) is 7.48. The van der Waals surface area contributed by atoms with E-state index in [2.05, 4.69) is 15.5 Å². The number of nitrogens with one attached hydrogen (secondary N) is 2. The molecule has 0 bridgehead atoms. The van der Waals surface area contributed by atoms with Crippen LogP contribution in [0.3, 0.4) is 0 Å². The van der Waals surface area contributed by atoms with E-state index < -0.39 is 0 Å². The molecule has 20 heavy (non-hydrogen) atoms. The van der Waals surface area contributed by atoms with Crippen LogP contribution in [0.25, 0.3) is 0 Å². The molecule has 1 aliphatic heterocycles. The SMILES string of the molecule is CNCC1CCN(CC(=O)N(C)CC(=O)NC2CC2)C1. The number of nitrogens with zero attached hydrogens (tertiary/aromatic N) is 2. The fourth-order valence-electron chi connectivity index (χ4n) is 2.63. The Morgan fingerprint density at radius 3 is 2.70 bits per heavy atom. The predicted molar refractivity (Wildman–Crippen MR) is 77.3 cm³/mol. The number of hydrogen-bond donors (Lipinski definition) is 2. The molecule has 1 saturated carbocycles. The van der Waals surface area contributed by atoms with Gasteiger partial charge in [0.1, 0.15) is 0 Å². The van der Waals surface area contributed by atoms with E-state index in [9.17, 15) is 9.59 Å². The summed E-state index contributed by atoms with van der Waals surface area (Å²) in [7, 11) is 3.66. The molecule has 6 heteroatoms. The maximum absolute atomic E-state index is 12.1. The second kappa shape index (κ2) is 7.04. The normalized spacial score (nSPS) is 22.8. The molecule has 0 aromatic rings. The minimum absolute atomic E-state index is 0.0288. The minimum Gasteiger partial charge on any atom is -0.352 e. The summed E-state index contributed by atoms with van der Waals surface area (Å²) in [6.07, 6.45) is 3.29. The second-order valence-electron chi connectivity index (χ2n) is 6.04. The van der Waals surface area contributed by atoms with Crippen LogP contribution < -0.4 is 10.6 Å². The molecule has 1 atom stereocenters. The lowest BCUT2D eigenvalue weighted by Gasteiger charge is -2.21. The monoisotopic (exact) mass is 282 g/mol. The maximum atomic E-state index is 12.1. The average molecular weight is 282 g/mol. The van der Waals surface area contributed by atoms with E-state index in [-0.39, 0.29) is 18.4 Å². The van der Waals surface area contributed by atoms with Gasteiger partial charge in [0.15, 0.2) is 0 Å². The van der Waals surface area contributed by atoms with E-state index in [1.807, 2.05) is 7.05 Å². The van der Waals surface area contributed by atoms with Crippen molar-refractivity contribution in [2.24, 2.45) is 5.92 Å². The van der Waals surface area contributed by atoms with Gasteiger partial charge in [-0.1, -0.05) is 0 Å². The summed E-state index contributed by atoms with van der Waals surface area (Å²) in [6, 6.07) is 0.354. The quantitative estimate of drug-likeness (QED) is 0.646. The number of amides is 2. The van der Waals surface area contributed by atoms with Crippen LogP contribution in [-0.2, 0) is 9.59 Å². The molecule has 2 N–H and O–H groups in total. The molecule has 1 heterocycles. The van der Waals surface area contributed by atoms with Crippen molar-refractivity contribution in [3.05, 3.63) is 0 Å². The van der Waals surface area contributed by atoms with Gasteiger partial charge in [-0.3, -0.25) is 14.5 Å². The van der Waals surface area contributed by atoms with Crippen molar-refractivity contribution in [3.8, 4) is 0 Å². The lowest BCUT2D eigenvalue weighted by Crippen LogP contribution is -2.43. The van der Waals surface area contributed by atoms with Gasteiger partial charge in [-0.05, 0) is 45.3 Å². The Morgan fingerprint density at radius 2 is 2.05 bits per heavy atom. The van der Waals surface area contributed by atoms with Crippen molar-refractivity contribution in [2.75, 3.05) is 46.8 Å². The van der Waals surface area contributed by atoms with Gasteiger partial charge < -0.3 is 15.5 Å². The fourth-order valence-corrected chi connectivity index (χ4v) is 2.63. The van der Waals surface area contributed by atoms with Crippen molar-refractivity contribution < 1.29 is 9.59 Å². The van der Waals surface area contributed by atoms with Crippen LogP contribution in [0.4, 0.5) is 0 Å². The smallest absolute Gasteiger partial charge is 0.239 e. The van der Waals surface area contributed by atoms with Gasteiger partial charge >= 0.3 is 0 Å². The Balaban J connectivity index is 1.66. The molecular formula is C14H26N4O2. The molecule has 6 nitrogen and oxygen atoms in total. The highest BCUT2D eigenvalue weighted by atomic mass is 16.2. The van der Waals surface area contributed by atoms with Crippen LogP contribution in [0.2, 0.25) is 0 Å². The molecule has 114 valence electrons. The molecule has 2 fully saturated rings. The van der Waals surface area contributed by atoms with Crippen molar-refractivity contribution in [3.63, 3.8) is 0 Å². The molecule has 2 amide bonds. The third kappa shape index (κ3) is 4.76. The summed E-state index contributed by atoms with van der Waals surface area (Å²) in [5, 5.41) is 6.08. The predicted octanol–water partition coefficient (Wildman–Crippen LogP) is -0.735. The Bertz CT molecular complexity index is 357. The number of likely N-dealkylation sites (N-methyl/N-ethyl adjacent to an activating group) is 1. The van der Waals surface area contributed by atoms with Crippen LogP contribution in [0, 0.1) is 5.92 Å². The highest BCUT2D eigenvalue weighted by molar-refractivity contribution is 5.85. The highest BCUT2D eigenvalue weighted by Gasteiger charge is 2.26. The van der Waals surface area contributed by atoms with Crippen molar-refractivity contribution in [2.45, 2.75) is 25.3 Å². The van der Waals surface area contributed by atoms with E-state index in [0.29, 0.717) is 18.5 Å². The lowest BCUT2D eigenvalue weighted by atomic mass is 10.1. The molecule has 0 aromatic heterocycles. The van der Waals surface area contributed by atoms with E-state index >= 15 is 0 Å². The first-order valence-electron chi connectivity index (χ1n) is 7.48. The van der Waals surface area contributed by atoms with Crippen molar-refractivity contribution in [1.29, 1.82) is 0 Å². The van der Waals surface area contributed by atoms with Gasteiger partial charge in [0, 0.05) is 19.6 Å². The topological polar surface area (TPSA) is 64.7 Å². The van der Waals surface area contributed by atoms with E-state index in [1.165, 1.54) is 4.90 Å². The summed E-state index contributed by atoms with van der Waals surface area (Å²) in [5.74, 6) is 0.621. The third-order valence-corrected chi connectivity index (χ3v) is 3.97. The molecule has 2 rings (SSSR count). The first kappa shape index (κ1) is 15.3. The molecule has 1 aliphatic carbocycles. The Kier molecular flexibility index (Phi) is 5.37. The number of carbonyl (C=O) groups excluding carboxylic acids is 2. The number of carbonyl (C=O) groups is 2. The van der Waals surface area contributed by atoms with Crippen LogP contribution in [0.5, 0.6) is 0 Å². The zero-order chi connectivity index (χ0) is 14.5. The van der Waals surface area contributed by atoms with Crippen molar-refractivity contribution >= 4 is 11.8 Å². The van der Waals surface area contributed by atoms with E-state index in [1.54, 1.807) is 7.05 Å². The highest BCUT2D eigenvalue weighted by Crippen LogP contribution is 2.18. The number of hydrogen-bond acceptors (Lipinski definition) is 4. The Hall–Kier alpha value is -1.14. The van der Waals surface area contributed by atoms with Gasteiger partial charge in [-0.2, -0.15) is 0 Å².